The average molecular weight is 237 g/mol. The van der Waals surface area contributed by atoms with Gasteiger partial charge in [-0.2, -0.15) is 0 Å². The molecule has 0 saturated heterocycles. The van der Waals surface area contributed by atoms with Gasteiger partial charge in [-0.1, -0.05) is 12.1 Å². The molecule has 2 heterocycles. The maximum Gasteiger partial charge on any atom is 0.162 e. The summed E-state index contributed by atoms with van der Waals surface area (Å²) in [6.07, 6.45) is 0. The van der Waals surface area contributed by atoms with E-state index < -0.39 is 0 Å². The number of aryl methyl sites for hydroxylation is 3. The van der Waals surface area contributed by atoms with Crippen molar-refractivity contribution in [2.75, 3.05) is 5.73 Å². The molecule has 90 valence electrons. The van der Waals surface area contributed by atoms with Crippen LogP contribution in [0.15, 0.2) is 24.3 Å². The minimum absolute atomic E-state index is 0.739. The zero-order valence-corrected chi connectivity index (χ0v) is 10.8. The van der Waals surface area contributed by atoms with Crippen LogP contribution >= 0.6 is 0 Å². The molecule has 2 aromatic heterocycles. The fourth-order valence-electron chi connectivity index (χ4n) is 2.44. The van der Waals surface area contributed by atoms with E-state index in [-0.39, 0.29) is 0 Å². The number of aromatic nitrogens is 2. The number of nitrogen functional groups attached to an aromatic ring is 1. The molecule has 0 atom stereocenters. The van der Waals surface area contributed by atoms with Crippen molar-refractivity contribution in [3.63, 3.8) is 0 Å². The van der Waals surface area contributed by atoms with Gasteiger partial charge in [0.15, 0.2) is 5.65 Å². The van der Waals surface area contributed by atoms with Crippen LogP contribution in [0.25, 0.3) is 21.9 Å². The highest BCUT2D eigenvalue weighted by atomic mass is 14.9. The van der Waals surface area contributed by atoms with Gasteiger partial charge in [0.05, 0.1) is 11.2 Å². The Hall–Kier alpha value is -2.16. The molecule has 0 radical (unpaired) electrons. The molecule has 0 bridgehead atoms. The van der Waals surface area contributed by atoms with Crippen molar-refractivity contribution >= 4 is 27.6 Å². The van der Waals surface area contributed by atoms with Gasteiger partial charge < -0.3 is 5.73 Å². The third-order valence-electron chi connectivity index (χ3n) is 3.26. The summed E-state index contributed by atoms with van der Waals surface area (Å²) >= 11 is 0. The molecule has 0 unspecified atom stereocenters. The molecule has 0 aliphatic heterocycles. The van der Waals surface area contributed by atoms with Crippen LogP contribution in [0.4, 0.5) is 5.69 Å². The molecule has 0 aliphatic rings. The number of hydrogen-bond acceptors (Lipinski definition) is 3. The molecule has 3 aromatic rings. The maximum atomic E-state index is 6.28. The van der Waals surface area contributed by atoms with E-state index in [4.69, 9.17) is 5.73 Å². The Morgan fingerprint density at radius 3 is 2.56 bits per heavy atom. The van der Waals surface area contributed by atoms with E-state index in [1.807, 2.05) is 25.1 Å². The second-order valence-electron chi connectivity index (χ2n) is 4.83. The Morgan fingerprint density at radius 2 is 1.78 bits per heavy atom. The third-order valence-corrected chi connectivity index (χ3v) is 3.26. The van der Waals surface area contributed by atoms with Crippen molar-refractivity contribution in [3.05, 3.63) is 41.1 Å². The van der Waals surface area contributed by atoms with Gasteiger partial charge in [0.25, 0.3) is 0 Å². The van der Waals surface area contributed by atoms with Gasteiger partial charge in [0.2, 0.25) is 0 Å². The fourth-order valence-corrected chi connectivity index (χ4v) is 2.44. The summed E-state index contributed by atoms with van der Waals surface area (Å²) in [7, 11) is 0. The van der Waals surface area contributed by atoms with Crippen molar-refractivity contribution in [2.45, 2.75) is 20.8 Å². The van der Waals surface area contributed by atoms with Gasteiger partial charge in [-0.25, -0.2) is 9.97 Å². The lowest BCUT2D eigenvalue weighted by molar-refractivity contribution is 1.20. The lowest BCUT2D eigenvalue weighted by Crippen LogP contribution is -1.98. The smallest absolute Gasteiger partial charge is 0.162 e. The molecule has 0 spiro atoms. The first-order valence-electron chi connectivity index (χ1n) is 6.00. The standard InChI is InChI=1S/C15H15N3/c1-8-4-5-11-12(6-8)18-15-13(14(11)16)9(2)7-10(3)17-15/h4-7H,1-3H3,(H2,16,17,18). The minimum Gasteiger partial charge on any atom is -0.398 e. The number of pyridine rings is 2. The van der Waals surface area contributed by atoms with Crippen molar-refractivity contribution in [3.8, 4) is 0 Å². The number of nitrogens with zero attached hydrogens (tertiary/aromatic N) is 2. The van der Waals surface area contributed by atoms with E-state index in [1.54, 1.807) is 0 Å². The van der Waals surface area contributed by atoms with Crippen LogP contribution in [0, 0.1) is 20.8 Å². The predicted molar refractivity (Wildman–Crippen MR) is 75.7 cm³/mol. The van der Waals surface area contributed by atoms with Crippen LogP contribution in [0.5, 0.6) is 0 Å². The van der Waals surface area contributed by atoms with E-state index in [2.05, 4.69) is 29.9 Å². The lowest BCUT2D eigenvalue weighted by Gasteiger charge is -2.09. The molecule has 3 heteroatoms. The Balaban J connectivity index is 2.56. The number of rotatable bonds is 0. The highest BCUT2D eigenvalue weighted by Crippen LogP contribution is 2.30. The zero-order valence-electron chi connectivity index (χ0n) is 10.8. The Kier molecular flexibility index (Phi) is 2.23. The molecule has 18 heavy (non-hydrogen) atoms. The Morgan fingerprint density at radius 1 is 1.00 bits per heavy atom. The SMILES string of the molecule is Cc1ccc2c(N)c3c(C)cc(C)nc3nc2c1. The largest absolute Gasteiger partial charge is 0.398 e. The quantitative estimate of drug-likeness (QED) is 0.610. The molecule has 0 aliphatic carbocycles. The number of anilines is 1. The van der Waals surface area contributed by atoms with Gasteiger partial charge >= 0.3 is 0 Å². The normalized spacial score (nSPS) is 11.3. The number of fused-ring (bicyclic) bond motifs is 2. The molecular weight excluding hydrogens is 222 g/mol. The predicted octanol–water partition coefficient (Wildman–Crippen LogP) is 3.29. The lowest BCUT2D eigenvalue weighted by atomic mass is 10.0. The second kappa shape index (κ2) is 3.67. The summed E-state index contributed by atoms with van der Waals surface area (Å²) in [5, 5.41) is 1.97. The summed E-state index contributed by atoms with van der Waals surface area (Å²) in [5.41, 5.74) is 12.0. The van der Waals surface area contributed by atoms with Crippen LogP contribution in [-0.4, -0.2) is 9.97 Å². The van der Waals surface area contributed by atoms with Gasteiger partial charge in [0.1, 0.15) is 0 Å². The molecular formula is C15H15N3. The average Bonchev–Trinajstić information content (AvgIpc) is 2.27. The fraction of sp³-hybridized carbons (Fsp3) is 0.200. The van der Waals surface area contributed by atoms with Crippen LogP contribution < -0.4 is 5.73 Å². The van der Waals surface area contributed by atoms with Crippen LogP contribution in [-0.2, 0) is 0 Å². The van der Waals surface area contributed by atoms with Crippen molar-refractivity contribution in [1.29, 1.82) is 0 Å². The van der Waals surface area contributed by atoms with Crippen molar-refractivity contribution < 1.29 is 0 Å². The maximum absolute atomic E-state index is 6.28. The Labute approximate surface area is 106 Å². The summed E-state index contributed by atoms with van der Waals surface area (Å²) in [6, 6.07) is 8.18. The first kappa shape index (κ1) is 11.0. The van der Waals surface area contributed by atoms with Crippen LogP contribution in [0.1, 0.15) is 16.8 Å². The molecule has 3 nitrogen and oxygen atoms in total. The molecule has 2 N–H and O–H groups in total. The van der Waals surface area contributed by atoms with Gasteiger partial charge in [-0.3, -0.25) is 0 Å². The van der Waals surface area contributed by atoms with E-state index in [0.717, 1.165) is 38.9 Å². The monoisotopic (exact) mass is 237 g/mol. The second-order valence-corrected chi connectivity index (χ2v) is 4.83. The highest BCUT2D eigenvalue weighted by molar-refractivity contribution is 6.06. The van der Waals surface area contributed by atoms with Crippen LogP contribution in [0.2, 0.25) is 0 Å². The zero-order chi connectivity index (χ0) is 12.9. The van der Waals surface area contributed by atoms with Crippen molar-refractivity contribution in [2.24, 2.45) is 0 Å². The molecule has 0 saturated carbocycles. The van der Waals surface area contributed by atoms with Crippen molar-refractivity contribution in [1.82, 2.24) is 9.97 Å². The van der Waals surface area contributed by atoms with E-state index >= 15 is 0 Å². The van der Waals surface area contributed by atoms with Crippen LogP contribution in [0.3, 0.4) is 0 Å². The summed E-state index contributed by atoms with van der Waals surface area (Å²) in [5.74, 6) is 0. The first-order chi connectivity index (χ1) is 8.56. The van der Waals surface area contributed by atoms with Gasteiger partial charge in [-0.15, -0.1) is 0 Å². The molecule has 0 amide bonds. The first-order valence-corrected chi connectivity index (χ1v) is 6.00. The minimum atomic E-state index is 0.739. The Bertz CT molecular complexity index is 776. The molecule has 3 rings (SSSR count). The topological polar surface area (TPSA) is 51.8 Å². The molecule has 1 aromatic carbocycles. The summed E-state index contributed by atoms with van der Waals surface area (Å²) < 4.78 is 0. The molecule has 0 fully saturated rings. The number of hydrogen-bond donors (Lipinski definition) is 1. The van der Waals surface area contributed by atoms with E-state index in [9.17, 15) is 0 Å². The number of nitrogens with two attached hydrogens (primary N) is 1. The van der Waals surface area contributed by atoms with Gasteiger partial charge in [-0.05, 0) is 44.0 Å². The third kappa shape index (κ3) is 1.51. The van der Waals surface area contributed by atoms with Gasteiger partial charge in [0, 0.05) is 16.5 Å². The summed E-state index contributed by atoms with van der Waals surface area (Å²) in [4.78, 5) is 9.12. The number of benzene rings is 1. The summed E-state index contributed by atoms with van der Waals surface area (Å²) in [6.45, 7) is 6.08. The van der Waals surface area contributed by atoms with E-state index in [1.165, 1.54) is 5.56 Å². The highest BCUT2D eigenvalue weighted by Gasteiger charge is 2.10. The van der Waals surface area contributed by atoms with E-state index in [0.29, 0.717) is 0 Å².